The van der Waals surface area contributed by atoms with Crippen molar-refractivity contribution < 1.29 is 14.3 Å². The first-order valence-electron chi connectivity index (χ1n) is 7.67. The number of nitriles is 1. The molecule has 1 N–H and O–H groups in total. The number of carbonyl (C=O) groups is 1. The van der Waals surface area contributed by atoms with Crippen LogP contribution in [-0.2, 0) is 10.2 Å². The minimum absolute atomic E-state index is 0.0650. The molecule has 1 saturated carbocycles. The molecule has 0 aromatic heterocycles. The number of rotatable bonds is 5. The van der Waals surface area contributed by atoms with E-state index in [1.807, 2.05) is 18.2 Å². The Hall–Kier alpha value is -3.00. The Morgan fingerprint density at radius 2 is 1.88 bits per heavy atom. The lowest BCUT2D eigenvalue weighted by molar-refractivity contribution is -0.118. The summed E-state index contributed by atoms with van der Waals surface area (Å²) in [7, 11) is 3.16. The molecule has 0 atom stereocenters. The van der Waals surface area contributed by atoms with Gasteiger partial charge in [-0.3, -0.25) is 4.79 Å². The Morgan fingerprint density at radius 3 is 2.50 bits per heavy atom. The fourth-order valence-corrected chi connectivity index (χ4v) is 2.82. The SMILES string of the molecule is COc1ccc(C2(C(=O)Nc3cccc(C#N)c3)CC2)cc1OC. The third-order valence-corrected chi connectivity index (χ3v) is 4.37. The van der Waals surface area contributed by atoms with Crippen molar-refractivity contribution in [3.63, 3.8) is 0 Å². The van der Waals surface area contributed by atoms with Crippen molar-refractivity contribution in [2.24, 2.45) is 0 Å². The Balaban J connectivity index is 1.85. The van der Waals surface area contributed by atoms with E-state index in [1.54, 1.807) is 38.5 Å². The van der Waals surface area contributed by atoms with Crippen molar-refractivity contribution in [1.29, 1.82) is 5.26 Å². The molecule has 0 spiro atoms. The molecule has 2 aromatic carbocycles. The molecular formula is C19H18N2O3. The maximum atomic E-state index is 12.8. The topological polar surface area (TPSA) is 71.3 Å². The van der Waals surface area contributed by atoms with Crippen LogP contribution in [0.4, 0.5) is 5.69 Å². The molecule has 0 unspecified atom stereocenters. The monoisotopic (exact) mass is 322 g/mol. The van der Waals surface area contributed by atoms with Gasteiger partial charge in [0, 0.05) is 5.69 Å². The zero-order chi connectivity index (χ0) is 17.2. The number of amides is 1. The number of hydrogen-bond acceptors (Lipinski definition) is 4. The number of methoxy groups -OCH3 is 2. The summed E-state index contributed by atoms with van der Waals surface area (Å²) >= 11 is 0. The van der Waals surface area contributed by atoms with Gasteiger partial charge in [-0.25, -0.2) is 0 Å². The summed E-state index contributed by atoms with van der Waals surface area (Å²) in [5.74, 6) is 1.18. The number of nitrogens with one attached hydrogen (secondary N) is 1. The maximum absolute atomic E-state index is 12.8. The van der Waals surface area contributed by atoms with E-state index in [0.29, 0.717) is 22.7 Å². The molecule has 1 aliphatic carbocycles. The lowest BCUT2D eigenvalue weighted by Crippen LogP contribution is -2.27. The standard InChI is InChI=1S/C19H18N2O3/c1-23-16-7-6-14(11-17(16)24-2)19(8-9-19)18(22)21-15-5-3-4-13(10-15)12-20/h3-7,10-11H,8-9H2,1-2H3,(H,21,22). The van der Waals surface area contributed by atoms with E-state index in [2.05, 4.69) is 11.4 Å². The fraction of sp³-hybridized carbons (Fsp3) is 0.263. The number of carbonyl (C=O) groups excluding carboxylic acids is 1. The summed E-state index contributed by atoms with van der Waals surface area (Å²) in [5, 5.41) is 11.9. The van der Waals surface area contributed by atoms with E-state index in [0.717, 1.165) is 18.4 Å². The van der Waals surface area contributed by atoms with E-state index >= 15 is 0 Å². The van der Waals surface area contributed by atoms with Crippen molar-refractivity contribution in [2.75, 3.05) is 19.5 Å². The first-order valence-corrected chi connectivity index (χ1v) is 7.67. The van der Waals surface area contributed by atoms with Gasteiger partial charge in [0.15, 0.2) is 11.5 Å². The molecule has 0 heterocycles. The van der Waals surface area contributed by atoms with Crippen LogP contribution >= 0.6 is 0 Å². The zero-order valence-electron chi connectivity index (χ0n) is 13.6. The number of nitrogens with zero attached hydrogens (tertiary/aromatic N) is 1. The molecule has 24 heavy (non-hydrogen) atoms. The van der Waals surface area contributed by atoms with Gasteiger partial charge in [0.2, 0.25) is 5.91 Å². The minimum atomic E-state index is -0.539. The van der Waals surface area contributed by atoms with Crippen LogP contribution in [0.15, 0.2) is 42.5 Å². The molecule has 2 aromatic rings. The summed E-state index contributed by atoms with van der Waals surface area (Å²) in [6.45, 7) is 0. The van der Waals surface area contributed by atoms with E-state index in [1.165, 1.54) is 0 Å². The van der Waals surface area contributed by atoms with Crippen LogP contribution < -0.4 is 14.8 Å². The molecule has 3 rings (SSSR count). The van der Waals surface area contributed by atoms with Crippen molar-refractivity contribution in [1.82, 2.24) is 0 Å². The van der Waals surface area contributed by atoms with Gasteiger partial charge < -0.3 is 14.8 Å². The molecule has 0 saturated heterocycles. The molecule has 5 heteroatoms. The zero-order valence-corrected chi connectivity index (χ0v) is 13.6. The van der Waals surface area contributed by atoms with Crippen molar-refractivity contribution in [3.8, 4) is 17.6 Å². The van der Waals surface area contributed by atoms with Crippen LogP contribution in [0.25, 0.3) is 0 Å². The summed E-state index contributed by atoms with van der Waals surface area (Å²) in [6.07, 6.45) is 1.57. The minimum Gasteiger partial charge on any atom is -0.493 e. The lowest BCUT2D eigenvalue weighted by Gasteiger charge is -2.18. The molecular weight excluding hydrogens is 304 g/mol. The van der Waals surface area contributed by atoms with Gasteiger partial charge in [-0.05, 0) is 48.7 Å². The van der Waals surface area contributed by atoms with E-state index in [9.17, 15) is 4.79 Å². The highest BCUT2D eigenvalue weighted by atomic mass is 16.5. The summed E-state index contributed by atoms with van der Waals surface area (Å²) < 4.78 is 10.6. The van der Waals surface area contributed by atoms with Gasteiger partial charge in [0.1, 0.15) is 0 Å². The molecule has 0 radical (unpaired) electrons. The predicted octanol–water partition coefficient (Wildman–Crippen LogP) is 3.25. The number of anilines is 1. The number of hydrogen-bond donors (Lipinski definition) is 1. The van der Waals surface area contributed by atoms with Gasteiger partial charge >= 0.3 is 0 Å². The summed E-state index contributed by atoms with van der Waals surface area (Å²) in [5.41, 5.74) is 1.52. The van der Waals surface area contributed by atoms with Crippen LogP contribution in [0.3, 0.4) is 0 Å². The number of benzene rings is 2. The van der Waals surface area contributed by atoms with E-state index in [-0.39, 0.29) is 5.91 Å². The average molecular weight is 322 g/mol. The average Bonchev–Trinajstić information content (AvgIpc) is 3.43. The summed E-state index contributed by atoms with van der Waals surface area (Å²) in [4.78, 5) is 12.8. The first-order chi connectivity index (χ1) is 11.6. The van der Waals surface area contributed by atoms with Crippen LogP contribution in [0, 0.1) is 11.3 Å². The molecule has 1 amide bonds. The first kappa shape index (κ1) is 15.9. The molecule has 0 aliphatic heterocycles. The molecule has 0 bridgehead atoms. The highest BCUT2D eigenvalue weighted by Crippen LogP contribution is 2.50. The third kappa shape index (κ3) is 2.79. The number of ether oxygens (including phenoxy) is 2. The molecule has 5 nitrogen and oxygen atoms in total. The Bertz CT molecular complexity index is 820. The predicted molar refractivity (Wildman–Crippen MR) is 90.2 cm³/mol. The second-order valence-electron chi connectivity index (χ2n) is 5.80. The molecule has 1 aliphatic rings. The van der Waals surface area contributed by atoms with Crippen molar-refractivity contribution in [2.45, 2.75) is 18.3 Å². The van der Waals surface area contributed by atoms with E-state index in [4.69, 9.17) is 14.7 Å². The van der Waals surface area contributed by atoms with Gasteiger partial charge in [-0.1, -0.05) is 12.1 Å². The molecule has 122 valence electrons. The largest absolute Gasteiger partial charge is 0.493 e. The van der Waals surface area contributed by atoms with Crippen LogP contribution in [-0.4, -0.2) is 20.1 Å². The Labute approximate surface area is 140 Å². The quantitative estimate of drug-likeness (QED) is 0.917. The van der Waals surface area contributed by atoms with Gasteiger partial charge in [-0.15, -0.1) is 0 Å². The van der Waals surface area contributed by atoms with Crippen LogP contribution in [0.5, 0.6) is 11.5 Å². The van der Waals surface area contributed by atoms with Crippen LogP contribution in [0.2, 0.25) is 0 Å². The van der Waals surface area contributed by atoms with Gasteiger partial charge in [-0.2, -0.15) is 5.26 Å². The van der Waals surface area contributed by atoms with E-state index < -0.39 is 5.41 Å². The summed E-state index contributed by atoms with van der Waals surface area (Å²) in [6, 6.07) is 14.6. The van der Waals surface area contributed by atoms with Crippen molar-refractivity contribution in [3.05, 3.63) is 53.6 Å². The third-order valence-electron chi connectivity index (χ3n) is 4.37. The highest BCUT2D eigenvalue weighted by Gasteiger charge is 2.51. The molecule has 1 fully saturated rings. The van der Waals surface area contributed by atoms with Crippen LogP contribution in [0.1, 0.15) is 24.0 Å². The second kappa shape index (κ2) is 6.25. The van der Waals surface area contributed by atoms with Gasteiger partial charge in [0.25, 0.3) is 0 Å². The maximum Gasteiger partial charge on any atom is 0.235 e. The highest BCUT2D eigenvalue weighted by molar-refractivity contribution is 6.01. The lowest BCUT2D eigenvalue weighted by atomic mass is 9.94. The fourth-order valence-electron chi connectivity index (χ4n) is 2.82. The van der Waals surface area contributed by atoms with Gasteiger partial charge in [0.05, 0.1) is 31.3 Å². The van der Waals surface area contributed by atoms with Crippen molar-refractivity contribution >= 4 is 11.6 Å². The smallest absolute Gasteiger partial charge is 0.235 e. The Morgan fingerprint density at radius 1 is 1.12 bits per heavy atom. The Kier molecular flexibility index (Phi) is 4.13. The normalized spacial score (nSPS) is 14.4. The second-order valence-corrected chi connectivity index (χ2v) is 5.80.